The quantitative estimate of drug-likeness (QED) is 0.377. The van der Waals surface area contributed by atoms with E-state index < -0.39 is 0 Å². The van der Waals surface area contributed by atoms with Crippen molar-refractivity contribution in [1.29, 1.82) is 0 Å². The lowest BCUT2D eigenvalue weighted by atomic mass is 10.1. The van der Waals surface area contributed by atoms with Crippen LogP contribution < -0.4 is 14.8 Å². The Morgan fingerprint density at radius 2 is 1.81 bits per heavy atom. The summed E-state index contributed by atoms with van der Waals surface area (Å²) in [4.78, 5) is 11.5. The van der Waals surface area contributed by atoms with E-state index in [4.69, 9.17) is 14.2 Å². The molecule has 0 aliphatic carbocycles. The molecule has 0 aliphatic heterocycles. The van der Waals surface area contributed by atoms with Gasteiger partial charge in [0.05, 0.1) is 23.8 Å². The van der Waals surface area contributed by atoms with Gasteiger partial charge in [0.25, 0.3) is 0 Å². The Balaban J connectivity index is 1.72. The summed E-state index contributed by atoms with van der Waals surface area (Å²) in [5.74, 6) is 0.417. The zero-order chi connectivity index (χ0) is 22.2. The predicted molar refractivity (Wildman–Crippen MR) is 121 cm³/mol. The summed E-state index contributed by atoms with van der Waals surface area (Å²) in [6.07, 6.45) is 0. The Bertz CT molecular complexity index is 1040. The minimum absolute atomic E-state index is 0.0927. The Labute approximate surface area is 189 Å². The molecule has 0 spiro atoms. The number of anilines is 1. The summed E-state index contributed by atoms with van der Waals surface area (Å²) in [6.45, 7) is 2.98. The molecule has 0 radical (unpaired) electrons. The van der Waals surface area contributed by atoms with Crippen LogP contribution in [0.5, 0.6) is 11.5 Å². The van der Waals surface area contributed by atoms with E-state index in [1.54, 1.807) is 30.3 Å². The van der Waals surface area contributed by atoms with Crippen molar-refractivity contribution in [1.82, 2.24) is 0 Å². The number of hydrogen-bond donors (Lipinski definition) is 1. The van der Waals surface area contributed by atoms with E-state index in [1.807, 2.05) is 31.2 Å². The van der Waals surface area contributed by atoms with Gasteiger partial charge in [-0.15, -0.1) is 0 Å². The first kappa shape index (κ1) is 22.6. The summed E-state index contributed by atoms with van der Waals surface area (Å²) < 4.78 is 31.0. The van der Waals surface area contributed by atoms with Crippen molar-refractivity contribution in [3.8, 4) is 11.5 Å². The number of nitrogens with one attached hydrogen (secondary N) is 1. The first-order chi connectivity index (χ1) is 15.0. The molecule has 0 saturated carbocycles. The number of carbonyl (C=O) groups is 1. The van der Waals surface area contributed by atoms with Crippen LogP contribution >= 0.6 is 15.9 Å². The van der Waals surface area contributed by atoms with Crippen LogP contribution in [0.4, 0.5) is 10.1 Å². The molecule has 0 unspecified atom stereocenters. The fourth-order valence-corrected chi connectivity index (χ4v) is 3.54. The van der Waals surface area contributed by atoms with Gasteiger partial charge in [-0.3, -0.25) is 0 Å². The molecule has 0 amide bonds. The normalized spacial score (nSPS) is 10.5. The van der Waals surface area contributed by atoms with Crippen molar-refractivity contribution < 1.29 is 23.4 Å². The predicted octanol–water partition coefficient (Wildman–Crippen LogP) is 5.96. The molecule has 0 atom stereocenters. The molecule has 0 heterocycles. The number of carbonyl (C=O) groups excluding carboxylic acids is 1. The molecular formula is C24H23BrFNO4. The molecule has 1 N–H and O–H groups in total. The highest BCUT2D eigenvalue weighted by Gasteiger charge is 2.14. The van der Waals surface area contributed by atoms with E-state index >= 15 is 0 Å². The van der Waals surface area contributed by atoms with Gasteiger partial charge in [0.2, 0.25) is 0 Å². The van der Waals surface area contributed by atoms with Crippen molar-refractivity contribution in [3.63, 3.8) is 0 Å². The number of hydrogen-bond acceptors (Lipinski definition) is 5. The standard InChI is InChI=1S/C24H23BrFNO4/c1-3-30-22-13-16(14-27-19-10-8-17(9-11-19)24(28)29-2)12-20(25)23(22)31-15-18-6-4-5-7-21(18)26/h4-13,27H,3,14-15H2,1-2H3. The molecule has 162 valence electrons. The molecule has 0 aliphatic rings. The summed E-state index contributed by atoms with van der Waals surface area (Å²) in [5.41, 5.74) is 2.79. The Morgan fingerprint density at radius 1 is 1.06 bits per heavy atom. The number of benzene rings is 3. The van der Waals surface area contributed by atoms with Gasteiger partial charge < -0.3 is 19.5 Å². The molecule has 0 fully saturated rings. The van der Waals surface area contributed by atoms with Crippen molar-refractivity contribution >= 4 is 27.6 Å². The van der Waals surface area contributed by atoms with Crippen LogP contribution in [0.15, 0.2) is 65.1 Å². The number of methoxy groups -OCH3 is 1. The average Bonchev–Trinajstić information content (AvgIpc) is 2.78. The number of rotatable bonds is 9. The van der Waals surface area contributed by atoms with Crippen LogP contribution in [0.2, 0.25) is 0 Å². The number of ether oxygens (including phenoxy) is 3. The van der Waals surface area contributed by atoms with Crippen LogP contribution in [0, 0.1) is 5.82 Å². The van der Waals surface area contributed by atoms with Gasteiger partial charge in [0, 0.05) is 17.8 Å². The van der Waals surface area contributed by atoms with Crippen LogP contribution in [0.3, 0.4) is 0 Å². The van der Waals surface area contributed by atoms with E-state index in [0.717, 1.165) is 11.3 Å². The highest BCUT2D eigenvalue weighted by atomic mass is 79.9. The van der Waals surface area contributed by atoms with E-state index in [9.17, 15) is 9.18 Å². The molecular weight excluding hydrogens is 465 g/mol. The fourth-order valence-electron chi connectivity index (χ4n) is 2.94. The van der Waals surface area contributed by atoms with E-state index in [1.165, 1.54) is 13.2 Å². The molecule has 7 heteroatoms. The monoisotopic (exact) mass is 487 g/mol. The summed E-state index contributed by atoms with van der Waals surface area (Å²) in [6, 6.07) is 17.4. The van der Waals surface area contributed by atoms with Gasteiger partial charge in [-0.1, -0.05) is 18.2 Å². The molecule has 5 nitrogen and oxygen atoms in total. The number of halogens is 2. The van der Waals surface area contributed by atoms with E-state index in [2.05, 4.69) is 21.2 Å². The fraction of sp³-hybridized carbons (Fsp3) is 0.208. The zero-order valence-corrected chi connectivity index (χ0v) is 18.9. The highest BCUT2D eigenvalue weighted by Crippen LogP contribution is 2.37. The van der Waals surface area contributed by atoms with Gasteiger partial charge in [-0.25, -0.2) is 9.18 Å². The zero-order valence-electron chi connectivity index (χ0n) is 17.3. The first-order valence-corrected chi connectivity index (χ1v) is 10.5. The maximum Gasteiger partial charge on any atom is 0.337 e. The molecule has 31 heavy (non-hydrogen) atoms. The molecule has 3 aromatic rings. The lowest BCUT2D eigenvalue weighted by molar-refractivity contribution is 0.0600. The average molecular weight is 488 g/mol. The molecule has 0 aromatic heterocycles. The first-order valence-electron chi connectivity index (χ1n) is 9.75. The van der Waals surface area contributed by atoms with Gasteiger partial charge in [0.1, 0.15) is 12.4 Å². The summed E-state index contributed by atoms with van der Waals surface area (Å²) in [5, 5.41) is 3.31. The second-order valence-electron chi connectivity index (χ2n) is 6.64. The largest absolute Gasteiger partial charge is 0.490 e. The summed E-state index contributed by atoms with van der Waals surface area (Å²) in [7, 11) is 1.35. The summed E-state index contributed by atoms with van der Waals surface area (Å²) >= 11 is 3.54. The van der Waals surface area contributed by atoms with E-state index in [-0.39, 0.29) is 18.4 Å². The van der Waals surface area contributed by atoms with Gasteiger partial charge in [0.15, 0.2) is 11.5 Å². The SMILES string of the molecule is CCOc1cc(CNc2ccc(C(=O)OC)cc2)cc(Br)c1OCc1ccccc1F. The maximum atomic E-state index is 13.9. The Morgan fingerprint density at radius 3 is 2.48 bits per heavy atom. The highest BCUT2D eigenvalue weighted by molar-refractivity contribution is 9.10. The van der Waals surface area contributed by atoms with Crippen molar-refractivity contribution in [2.45, 2.75) is 20.1 Å². The third kappa shape index (κ3) is 5.98. The molecule has 0 bridgehead atoms. The van der Waals surface area contributed by atoms with Crippen LogP contribution in [0.1, 0.15) is 28.4 Å². The number of esters is 1. The van der Waals surface area contributed by atoms with Crippen molar-refractivity contribution in [3.05, 3.63) is 87.6 Å². The maximum absolute atomic E-state index is 13.9. The van der Waals surface area contributed by atoms with Crippen molar-refractivity contribution in [2.75, 3.05) is 19.0 Å². The van der Waals surface area contributed by atoms with Crippen LogP contribution in [0.25, 0.3) is 0 Å². The third-order valence-corrected chi connectivity index (χ3v) is 5.09. The Hall–Kier alpha value is -3.06. The lowest BCUT2D eigenvalue weighted by Crippen LogP contribution is -2.05. The van der Waals surface area contributed by atoms with Gasteiger partial charge in [-0.05, 0) is 70.9 Å². The van der Waals surface area contributed by atoms with Crippen molar-refractivity contribution in [2.24, 2.45) is 0 Å². The van der Waals surface area contributed by atoms with Gasteiger partial charge in [-0.2, -0.15) is 0 Å². The smallest absolute Gasteiger partial charge is 0.337 e. The topological polar surface area (TPSA) is 56.8 Å². The molecule has 3 aromatic carbocycles. The van der Waals surface area contributed by atoms with Crippen LogP contribution in [-0.4, -0.2) is 19.7 Å². The molecule has 0 saturated heterocycles. The van der Waals surface area contributed by atoms with Gasteiger partial charge >= 0.3 is 5.97 Å². The molecule has 3 rings (SSSR count). The third-order valence-electron chi connectivity index (χ3n) is 4.50. The lowest BCUT2D eigenvalue weighted by Gasteiger charge is -2.16. The second kappa shape index (κ2) is 10.8. The minimum Gasteiger partial charge on any atom is -0.490 e. The Kier molecular flexibility index (Phi) is 7.89. The van der Waals surface area contributed by atoms with Crippen LogP contribution in [-0.2, 0) is 17.9 Å². The van der Waals surface area contributed by atoms with E-state index in [0.29, 0.717) is 40.3 Å². The second-order valence-corrected chi connectivity index (χ2v) is 7.49. The minimum atomic E-state index is -0.372.